The molecule has 1 fully saturated rings. The van der Waals surface area contributed by atoms with Crippen LogP contribution in [0.5, 0.6) is 0 Å². The van der Waals surface area contributed by atoms with Gasteiger partial charge >= 0.3 is 32.3 Å². The molecule has 0 amide bonds. The second kappa shape index (κ2) is 25.8. The first-order valence-corrected chi connectivity index (χ1v) is 19.5. The number of rotatable bonds is 31. The molecule has 2 N–H and O–H groups in total. The highest BCUT2D eigenvalue weighted by Crippen LogP contribution is 2.52. The van der Waals surface area contributed by atoms with E-state index in [1.54, 1.807) is 7.05 Å². The van der Waals surface area contributed by atoms with Gasteiger partial charge in [0.1, 0.15) is 6.42 Å². The Hall–Kier alpha value is -1.25. The minimum Gasteiger partial charge on any atom is -0.479 e. The molecule has 1 aliphatic heterocycles. The summed E-state index contributed by atoms with van der Waals surface area (Å²) in [5.41, 5.74) is 1.25. The van der Waals surface area contributed by atoms with Gasteiger partial charge in [-0.1, -0.05) is 122 Å². The number of nitrogens with one attached hydrogen (secondary N) is 1. The fraction of sp³-hybridized carbons (Fsp3) is 0.886. The molecule has 0 spiro atoms. The van der Waals surface area contributed by atoms with Gasteiger partial charge in [0.15, 0.2) is 0 Å². The Morgan fingerprint density at radius 3 is 1.73 bits per heavy atom. The summed E-state index contributed by atoms with van der Waals surface area (Å²) in [5.74, 6) is 0.0256. The normalized spacial score (nSPS) is 17.4. The molecule has 3 atom stereocenters. The van der Waals surface area contributed by atoms with Crippen molar-refractivity contribution in [1.29, 1.82) is 0 Å². The predicted molar refractivity (Wildman–Crippen MR) is 182 cm³/mol. The number of ether oxygens (including phenoxy) is 1. The summed E-state index contributed by atoms with van der Waals surface area (Å²) in [6, 6.07) is 0. The Balaban J connectivity index is 2.33. The Labute approximate surface area is 274 Å². The van der Waals surface area contributed by atoms with Crippen LogP contribution >= 0.6 is 7.82 Å². The van der Waals surface area contributed by atoms with E-state index in [1.807, 2.05) is 0 Å². The lowest BCUT2D eigenvalue weighted by Crippen LogP contribution is -2.15. The van der Waals surface area contributed by atoms with E-state index in [4.69, 9.17) is 13.8 Å². The molecule has 0 aromatic carbocycles. The summed E-state index contributed by atoms with van der Waals surface area (Å²) in [6.07, 6.45) is 21.0. The molecule has 264 valence electrons. The van der Waals surface area contributed by atoms with Crippen molar-refractivity contribution < 1.29 is 37.2 Å². The molecule has 0 aromatic heterocycles. The van der Waals surface area contributed by atoms with E-state index in [9.17, 15) is 19.0 Å². The number of unbranched alkanes of at least 4 members (excludes halogenated alkanes) is 16. The van der Waals surface area contributed by atoms with Crippen LogP contribution in [0.4, 0.5) is 0 Å². The van der Waals surface area contributed by atoms with E-state index >= 15 is 0 Å². The molecule has 0 aliphatic carbocycles. The van der Waals surface area contributed by atoms with Gasteiger partial charge in [-0.05, 0) is 45.6 Å². The lowest BCUT2D eigenvalue weighted by Gasteiger charge is -2.09. The second-order valence-corrected chi connectivity index (χ2v) is 14.6. The maximum Gasteiger partial charge on any atom is 0.523 e. The van der Waals surface area contributed by atoms with Crippen LogP contribution in [-0.2, 0) is 32.3 Å². The number of carbonyl (C=O) groups excluding carboxylic acids is 2. The maximum absolute atomic E-state index is 12.9. The predicted octanol–water partition coefficient (Wildman–Crippen LogP) is 9.44. The first kappa shape index (κ1) is 41.8. The summed E-state index contributed by atoms with van der Waals surface area (Å²) in [7, 11) is -2.74. The van der Waals surface area contributed by atoms with Gasteiger partial charge in [-0.2, -0.15) is 0 Å². The molecule has 1 aliphatic rings. The van der Waals surface area contributed by atoms with Gasteiger partial charge in [0.05, 0.1) is 6.61 Å². The lowest BCUT2D eigenvalue weighted by atomic mass is 10.0. The van der Waals surface area contributed by atoms with E-state index in [0.717, 1.165) is 44.4 Å². The fourth-order valence-corrected chi connectivity index (χ4v) is 6.19. The number of epoxide rings is 1. The number of allylic oxidation sites excluding steroid dienone is 1. The monoisotopic (exact) mass is 660 g/mol. The van der Waals surface area contributed by atoms with Crippen molar-refractivity contribution in [2.45, 2.75) is 175 Å². The highest BCUT2D eigenvalue weighted by Gasteiger charge is 2.64. The van der Waals surface area contributed by atoms with Crippen molar-refractivity contribution in [1.82, 2.24) is 5.32 Å². The third-order valence-corrected chi connectivity index (χ3v) is 9.13. The van der Waals surface area contributed by atoms with Crippen LogP contribution in [0.1, 0.15) is 162 Å². The van der Waals surface area contributed by atoms with Crippen LogP contribution in [0.3, 0.4) is 0 Å². The zero-order valence-electron chi connectivity index (χ0n) is 29.2. The minimum atomic E-state index is -4.43. The maximum atomic E-state index is 12.9. The van der Waals surface area contributed by atoms with Crippen molar-refractivity contribution >= 4 is 19.8 Å². The molecular formula is C35H67NO8P+. The zero-order chi connectivity index (χ0) is 33.3. The van der Waals surface area contributed by atoms with Gasteiger partial charge in [0, 0.05) is 17.8 Å². The van der Waals surface area contributed by atoms with E-state index in [2.05, 4.69) is 37.0 Å². The summed E-state index contributed by atoms with van der Waals surface area (Å²) >= 11 is 0. The van der Waals surface area contributed by atoms with Crippen molar-refractivity contribution in [3.8, 4) is 0 Å². The van der Waals surface area contributed by atoms with Crippen LogP contribution in [0.2, 0.25) is 0 Å². The average Bonchev–Trinajstić information content (AvgIpc) is 3.63. The summed E-state index contributed by atoms with van der Waals surface area (Å²) in [6.45, 7) is 10.9. The molecule has 1 saturated heterocycles. The number of hydrogen-bond acceptors (Lipinski definition) is 7. The third-order valence-electron chi connectivity index (χ3n) is 8.15. The molecule has 9 nitrogen and oxygen atoms in total. The third kappa shape index (κ3) is 22.8. The molecule has 45 heavy (non-hydrogen) atoms. The SMILES string of the molecule is C=C(C)CCCCCCCCCCCC(=O)[O+]1[C@H](OC(=O)CCCCCCCCCCCC(C)C)[C@H]1OP(=O)(O)OCCNC. The van der Waals surface area contributed by atoms with Crippen LogP contribution in [0, 0.1) is 5.92 Å². The summed E-state index contributed by atoms with van der Waals surface area (Å²) < 4.78 is 30.3. The molecule has 0 bridgehead atoms. The zero-order valence-corrected chi connectivity index (χ0v) is 30.1. The highest BCUT2D eigenvalue weighted by atomic mass is 31.2. The van der Waals surface area contributed by atoms with Crippen LogP contribution in [0.25, 0.3) is 0 Å². The number of carbonyl (C=O) groups is 2. The van der Waals surface area contributed by atoms with Crippen molar-refractivity contribution in [3.05, 3.63) is 12.2 Å². The first-order valence-electron chi connectivity index (χ1n) is 18.0. The molecule has 1 unspecified atom stereocenters. The Morgan fingerprint density at radius 2 is 1.24 bits per heavy atom. The molecule has 0 aromatic rings. The van der Waals surface area contributed by atoms with Crippen LogP contribution < -0.4 is 5.32 Å². The van der Waals surface area contributed by atoms with Gasteiger partial charge in [0.25, 0.3) is 0 Å². The van der Waals surface area contributed by atoms with E-state index in [0.29, 0.717) is 19.4 Å². The summed E-state index contributed by atoms with van der Waals surface area (Å²) in [5, 5.41) is 2.82. The number of phosphoric ester groups is 1. The van der Waals surface area contributed by atoms with Crippen molar-refractivity contribution in [3.63, 3.8) is 0 Å². The topological polar surface area (TPSA) is 114 Å². The van der Waals surface area contributed by atoms with Gasteiger partial charge < -0.3 is 19.3 Å². The van der Waals surface area contributed by atoms with Crippen LogP contribution in [0.15, 0.2) is 12.2 Å². The van der Waals surface area contributed by atoms with E-state index in [1.165, 1.54) is 82.6 Å². The molecule has 1 heterocycles. The Bertz CT molecular complexity index is 852. The number of phosphoric acid groups is 1. The number of likely N-dealkylation sites (N-methyl/N-ethyl adjacent to an activating group) is 1. The average molecular weight is 661 g/mol. The fourth-order valence-electron chi connectivity index (χ4n) is 5.36. The molecule has 10 heteroatoms. The van der Waals surface area contributed by atoms with E-state index < -0.39 is 26.4 Å². The number of esters is 1. The van der Waals surface area contributed by atoms with Gasteiger partial charge in [-0.3, -0.25) is 9.32 Å². The molecular weight excluding hydrogens is 593 g/mol. The van der Waals surface area contributed by atoms with Crippen LogP contribution in [-0.4, -0.2) is 49.6 Å². The highest BCUT2D eigenvalue weighted by molar-refractivity contribution is 7.47. The minimum absolute atomic E-state index is 0.0350. The standard InChI is InChI=1S/C35H66NO8P/c1-30(2)24-20-16-12-8-6-10-14-18-22-26-32(37)42-34-35(43-45(39,40)41-29-28-36-5)44(34)33(38)27-23-19-15-11-7-9-13-17-21-25-31(3)4/h30,34-36H,3,6-29H2,1-2,4-5H3/p+1/t34-,35-/m0/s1. The Morgan fingerprint density at radius 1 is 0.778 bits per heavy atom. The molecule has 1 rings (SSSR count). The summed E-state index contributed by atoms with van der Waals surface area (Å²) in [4.78, 5) is 35.5. The van der Waals surface area contributed by atoms with Crippen molar-refractivity contribution in [2.75, 3.05) is 20.2 Å². The van der Waals surface area contributed by atoms with E-state index in [-0.39, 0.29) is 25.4 Å². The second-order valence-electron chi connectivity index (χ2n) is 13.2. The van der Waals surface area contributed by atoms with Gasteiger partial charge in [-0.15, -0.1) is 6.58 Å². The van der Waals surface area contributed by atoms with Gasteiger partial charge in [-0.25, -0.2) is 9.09 Å². The van der Waals surface area contributed by atoms with Gasteiger partial charge in [0.2, 0.25) is 0 Å². The lowest BCUT2D eigenvalue weighted by molar-refractivity contribution is -0.176. The number of hydrogen-bond donors (Lipinski definition) is 2. The largest absolute Gasteiger partial charge is 0.523 e. The quantitative estimate of drug-likeness (QED) is 0.0189. The first-order chi connectivity index (χ1) is 21.6. The molecule has 0 saturated carbocycles. The molecule has 0 radical (unpaired) electrons. The smallest absolute Gasteiger partial charge is 0.479 e. The Kier molecular flexibility index (Phi) is 23.9. The van der Waals surface area contributed by atoms with Crippen molar-refractivity contribution in [2.24, 2.45) is 5.92 Å².